The molecule has 0 saturated carbocycles. The summed E-state index contributed by atoms with van der Waals surface area (Å²) < 4.78 is 34.9. The fraction of sp³-hybridized carbons (Fsp3) is 0.865. The molecule has 0 aromatic carbocycles. The van der Waals surface area contributed by atoms with Crippen molar-refractivity contribution in [1.29, 1.82) is 0 Å². The number of allylic oxidation sites excluding steroid dienone is 2. The predicted molar refractivity (Wildman–Crippen MR) is 363 cm³/mol. The highest BCUT2D eigenvalue weighted by molar-refractivity contribution is 5.72. The molecule has 4 atom stereocenters. The van der Waals surface area contributed by atoms with Gasteiger partial charge < -0.3 is 72.4 Å². The molecule has 0 fully saturated rings. The van der Waals surface area contributed by atoms with E-state index >= 15 is 0 Å². The lowest BCUT2D eigenvalue weighted by molar-refractivity contribution is -0.883. The van der Waals surface area contributed by atoms with Crippen LogP contribution in [0, 0.1) is 0 Å². The summed E-state index contributed by atoms with van der Waals surface area (Å²) in [6, 6.07) is 0. The van der Waals surface area contributed by atoms with Crippen LogP contribution in [-0.2, 0) is 57.2 Å². The first-order valence-electron chi connectivity index (χ1n) is 36.7. The number of quaternary nitrogens is 2. The van der Waals surface area contributed by atoms with E-state index in [1.54, 1.807) is 0 Å². The molecule has 0 spiro atoms. The maximum absolute atomic E-state index is 13.1. The van der Waals surface area contributed by atoms with Crippen LogP contribution in [0.25, 0.3) is 0 Å². The number of aliphatic hydroxyl groups is 2. The van der Waals surface area contributed by atoms with E-state index in [-0.39, 0.29) is 99.8 Å². The molecular formula is C74H138Cl2N2O14. The van der Waals surface area contributed by atoms with Gasteiger partial charge in [-0.2, -0.15) is 0 Å². The number of rotatable bonds is 64. The van der Waals surface area contributed by atoms with Crippen LogP contribution < -0.4 is 24.8 Å². The Balaban J connectivity index is -0.0000396. The van der Waals surface area contributed by atoms with Crippen molar-refractivity contribution in [2.24, 2.45) is 0 Å². The summed E-state index contributed by atoms with van der Waals surface area (Å²) >= 11 is 0. The first-order chi connectivity index (χ1) is 43.3. The van der Waals surface area contributed by atoms with Crippen molar-refractivity contribution in [3.8, 4) is 0 Å². The highest BCUT2D eigenvalue weighted by Gasteiger charge is 2.29. The van der Waals surface area contributed by atoms with Gasteiger partial charge in [-0.3, -0.25) is 19.2 Å². The van der Waals surface area contributed by atoms with E-state index in [0.29, 0.717) is 79.8 Å². The van der Waals surface area contributed by atoms with Gasteiger partial charge in [0.05, 0.1) is 40.4 Å². The minimum atomic E-state index is -0.862. The molecule has 0 heterocycles. The van der Waals surface area contributed by atoms with E-state index < -0.39 is 30.7 Å². The average Bonchev–Trinajstić information content (AvgIpc) is 1.26. The Morgan fingerprint density at radius 3 is 0.967 bits per heavy atom. The first kappa shape index (κ1) is 92.9. The van der Waals surface area contributed by atoms with Crippen molar-refractivity contribution in [2.75, 3.05) is 67.6 Å². The number of unbranched alkanes of at least 4 members (excludes halogenated alkanes) is 28. The van der Waals surface area contributed by atoms with Crippen molar-refractivity contribution < 1.29 is 101 Å². The SMILES string of the molecule is CCCCCCCCCC(OC(=O)CCCCCCC/C=C\CC(O)C(CCCCC)OC(=O)C[N+](C)(C)CCOC(=O)CCCCCCC)OC(=O)CCCCCCC/C=C\CC(O)C(CCCCC)OC(=O)C[N+](C)(C)CCOC(=O)CCCCCCC.[Cl-].[Cl-]. The summed E-state index contributed by atoms with van der Waals surface area (Å²) in [4.78, 5) is 76.6. The maximum atomic E-state index is 13.1. The van der Waals surface area contributed by atoms with Crippen LogP contribution in [0.15, 0.2) is 24.3 Å². The number of likely N-dealkylation sites (N-methyl/N-ethyl adjacent to an activating group) is 2. The molecule has 18 heteroatoms. The van der Waals surface area contributed by atoms with Gasteiger partial charge in [0.25, 0.3) is 0 Å². The Kier molecular flexibility index (Phi) is 64.4. The summed E-state index contributed by atoms with van der Waals surface area (Å²) in [5, 5.41) is 22.2. The number of hydrogen-bond acceptors (Lipinski definition) is 14. The lowest BCUT2D eigenvalue weighted by Crippen LogP contribution is -3.00. The van der Waals surface area contributed by atoms with E-state index in [4.69, 9.17) is 28.4 Å². The van der Waals surface area contributed by atoms with E-state index in [1.165, 1.54) is 38.5 Å². The van der Waals surface area contributed by atoms with Gasteiger partial charge >= 0.3 is 35.8 Å². The number of carbonyl (C=O) groups excluding carboxylic acids is 6. The van der Waals surface area contributed by atoms with Gasteiger partial charge in [0.15, 0.2) is 13.1 Å². The number of nitrogens with zero attached hydrogens (tertiary/aromatic N) is 2. The fourth-order valence-electron chi connectivity index (χ4n) is 10.8. The Hall–Kier alpha value is -3.28. The van der Waals surface area contributed by atoms with Crippen molar-refractivity contribution >= 4 is 35.8 Å². The molecule has 0 aliphatic rings. The molecule has 16 nitrogen and oxygen atoms in total. The van der Waals surface area contributed by atoms with Gasteiger partial charge in [0.1, 0.15) is 38.5 Å². The zero-order valence-corrected chi connectivity index (χ0v) is 61.5. The summed E-state index contributed by atoms with van der Waals surface area (Å²) in [6.07, 6.45) is 43.5. The number of ether oxygens (including phenoxy) is 6. The molecule has 0 amide bonds. The Morgan fingerprint density at radius 1 is 0.337 bits per heavy atom. The Morgan fingerprint density at radius 2 is 0.620 bits per heavy atom. The highest BCUT2D eigenvalue weighted by atomic mass is 35.5. The number of carbonyl (C=O) groups is 6. The highest BCUT2D eigenvalue weighted by Crippen LogP contribution is 2.20. The van der Waals surface area contributed by atoms with Crippen LogP contribution in [-0.4, -0.2) is 153 Å². The van der Waals surface area contributed by atoms with Crippen molar-refractivity contribution in [3.05, 3.63) is 24.3 Å². The summed E-state index contributed by atoms with van der Waals surface area (Å²) in [6.45, 7) is 12.5. The van der Waals surface area contributed by atoms with Crippen LogP contribution >= 0.6 is 0 Å². The molecule has 2 N–H and O–H groups in total. The van der Waals surface area contributed by atoms with E-state index in [2.05, 4.69) is 46.8 Å². The second-order valence-electron chi connectivity index (χ2n) is 26.9. The zero-order valence-electron chi connectivity index (χ0n) is 60.0. The van der Waals surface area contributed by atoms with Gasteiger partial charge in [-0.1, -0.05) is 213 Å². The number of hydrogen-bond donors (Lipinski definition) is 2. The third kappa shape index (κ3) is 59.2. The van der Waals surface area contributed by atoms with Crippen LogP contribution in [0.5, 0.6) is 0 Å². The molecule has 0 radical (unpaired) electrons. The molecule has 92 heavy (non-hydrogen) atoms. The lowest BCUT2D eigenvalue weighted by atomic mass is 10.0. The number of esters is 6. The zero-order chi connectivity index (χ0) is 66.8. The largest absolute Gasteiger partial charge is 1.00 e. The first-order valence-corrected chi connectivity index (χ1v) is 36.7. The lowest BCUT2D eigenvalue weighted by Gasteiger charge is -2.30. The minimum Gasteiger partial charge on any atom is -1.00 e. The van der Waals surface area contributed by atoms with Crippen molar-refractivity contribution in [1.82, 2.24) is 0 Å². The van der Waals surface area contributed by atoms with Gasteiger partial charge in [-0.15, -0.1) is 0 Å². The van der Waals surface area contributed by atoms with Crippen molar-refractivity contribution in [3.63, 3.8) is 0 Å². The summed E-state index contributed by atoms with van der Waals surface area (Å²) in [5.41, 5.74) is 0. The van der Waals surface area contributed by atoms with Crippen LogP contribution in [0.4, 0.5) is 0 Å². The molecule has 0 aliphatic carbocycles. The maximum Gasteiger partial charge on any atom is 0.362 e. The molecule has 0 bridgehead atoms. The number of aliphatic hydroxyl groups excluding tert-OH is 2. The molecule has 4 unspecified atom stereocenters. The van der Waals surface area contributed by atoms with Gasteiger partial charge in [0.2, 0.25) is 6.29 Å². The van der Waals surface area contributed by atoms with Gasteiger partial charge in [-0.25, -0.2) is 9.59 Å². The van der Waals surface area contributed by atoms with Crippen molar-refractivity contribution in [2.45, 2.75) is 348 Å². The van der Waals surface area contributed by atoms with E-state index in [0.717, 1.165) is 173 Å². The number of halogens is 2. The topological polar surface area (TPSA) is 198 Å². The Labute approximate surface area is 573 Å². The molecule has 0 aromatic rings. The predicted octanol–water partition coefficient (Wildman–Crippen LogP) is 10.6. The van der Waals surface area contributed by atoms with Gasteiger partial charge in [-0.05, 0) is 96.3 Å². The monoisotopic (exact) mass is 1350 g/mol. The molecule has 0 rings (SSSR count). The van der Waals surface area contributed by atoms with E-state index in [1.807, 2.05) is 40.3 Å². The van der Waals surface area contributed by atoms with Gasteiger partial charge in [0, 0.05) is 32.1 Å². The molecule has 542 valence electrons. The second kappa shape index (κ2) is 63.8. The smallest absolute Gasteiger partial charge is 0.362 e. The fourth-order valence-corrected chi connectivity index (χ4v) is 10.8. The summed E-state index contributed by atoms with van der Waals surface area (Å²) in [7, 11) is 7.67. The van der Waals surface area contributed by atoms with Crippen LogP contribution in [0.3, 0.4) is 0 Å². The molecule has 0 saturated heterocycles. The third-order valence-electron chi connectivity index (χ3n) is 16.8. The summed E-state index contributed by atoms with van der Waals surface area (Å²) in [5.74, 6) is -1.77. The average molecular weight is 1350 g/mol. The van der Waals surface area contributed by atoms with Crippen LogP contribution in [0.1, 0.15) is 317 Å². The quantitative estimate of drug-likeness (QED) is 0.0146. The molecule has 0 aliphatic heterocycles. The third-order valence-corrected chi connectivity index (χ3v) is 16.8. The molecular weight excluding hydrogens is 1210 g/mol. The normalized spacial score (nSPS) is 13.4. The minimum absolute atomic E-state index is 0. The standard InChI is InChI=1S/C74H138N2O14.2ClH/c1-10-15-20-23-28-39-48-57-74(89-70(81)55-46-37-31-26-24-29-35-42-49-64(77)66(51-40-18-13-4)87-72(83)62-75(6,7)58-60-85-68(79)53-44-33-21-16-11-2)90-71(82)56-47-38-32-27-25-30-36-43-50-65(78)67(52-41-19-14-5)88-73(84)63-76(8,9)59-61-86-69(80)54-45-34-22-17-12-3;;/h35-36,42-43,64-67,74,77-78H,10-34,37-41,44-63H2,1-9H3;2*1H/q+2;;/p-2/b42-35-,43-36-;;. The Bertz CT molecular complexity index is 1730. The molecule has 0 aromatic heterocycles. The second-order valence-corrected chi connectivity index (χ2v) is 26.9. The van der Waals surface area contributed by atoms with E-state index in [9.17, 15) is 39.0 Å². The van der Waals surface area contributed by atoms with Crippen LogP contribution in [0.2, 0.25) is 0 Å².